The minimum Gasteiger partial charge on any atom is -0.348 e. The lowest BCUT2D eigenvalue weighted by Crippen LogP contribution is -2.32. The van der Waals surface area contributed by atoms with E-state index in [4.69, 9.17) is 9.47 Å². The maximum atomic E-state index is 11.7. The zero-order valence-electron chi connectivity index (χ0n) is 8.26. The maximum absolute atomic E-state index is 11.7. The highest BCUT2D eigenvalue weighted by Gasteiger charge is 2.18. The molecule has 0 saturated carbocycles. The lowest BCUT2D eigenvalue weighted by molar-refractivity contribution is -0.0379. The molecule has 0 bridgehead atoms. The zero-order valence-corrected chi connectivity index (χ0v) is 11.4. The molecular formula is C9H10Br2N2O3. The third-order valence-corrected chi connectivity index (χ3v) is 3.87. The number of carbonyl (C=O) groups excluding carboxylic acids is 1. The number of carbonyl (C=O) groups is 1. The molecule has 1 aliphatic rings. The fourth-order valence-electron chi connectivity index (χ4n) is 1.32. The number of aromatic amines is 1. The Balaban J connectivity index is 1.87. The highest BCUT2D eigenvalue weighted by atomic mass is 79.9. The van der Waals surface area contributed by atoms with Crippen molar-refractivity contribution in [1.82, 2.24) is 10.3 Å². The van der Waals surface area contributed by atoms with Gasteiger partial charge in [-0.2, -0.15) is 0 Å². The predicted molar refractivity (Wildman–Crippen MR) is 64.2 cm³/mol. The van der Waals surface area contributed by atoms with Gasteiger partial charge in [0.1, 0.15) is 5.69 Å². The van der Waals surface area contributed by atoms with E-state index in [0.717, 1.165) is 9.08 Å². The fraction of sp³-hybridized carbons (Fsp3) is 0.444. The van der Waals surface area contributed by atoms with Crippen LogP contribution in [0.5, 0.6) is 0 Å². The molecule has 1 aromatic heterocycles. The van der Waals surface area contributed by atoms with E-state index in [1.165, 1.54) is 0 Å². The van der Waals surface area contributed by atoms with Crippen LogP contribution in [0.25, 0.3) is 0 Å². The van der Waals surface area contributed by atoms with Crippen LogP contribution in [0.3, 0.4) is 0 Å². The molecule has 0 aliphatic carbocycles. The molecule has 1 saturated heterocycles. The first kappa shape index (κ1) is 12.1. The van der Waals surface area contributed by atoms with Crippen LogP contribution in [0.2, 0.25) is 0 Å². The van der Waals surface area contributed by atoms with Gasteiger partial charge in [0.15, 0.2) is 6.29 Å². The molecule has 2 N–H and O–H groups in total. The topological polar surface area (TPSA) is 63.4 Å². The lowest BCUT2D eigenvalue weighted by Gasteiger charge is -2.09. The van der Waals surface area contributed by atoms with Crippen molar-refractivity contribution in [2.24, 2.45) is 0 Å². The molecule has 5 nitrogen and oxygen atoms in total. The first-order valence-electron chi connectivity index (χ1n) is 4.72. The molecule has 0 aromatic carbocycles. The van der Waals surface area contributed by atoms with Crippen LogP contribution in [0.15, 0.2) is 15.1 Å². The minimum atomic E-state index is -0.328. The van der Waals surface area contributed by atoms with E-state index in [0.29, 0.717) is 25.5 Å². The van der Waals surface area contributed by atoms with Gasteiger partial charge in [-0.15, -0.1) is 0 Å². The normalized spacial score (nSPS) is 16.6. The molecule has 16 heavy (non-hydrogen) atoms. The fourth-order valence-corrected chi connectivity index (χ4v) is 1.98. The second kappa shape index (κ2) is 5.31. The smallest absolute Gasteiger partial charge is 0.267 e. The molecule has 0 atom stereocenters. The summed E-state index contributed by atoms with van der Waals surface area (Å²) in [5.74, 6) is -0.189. The first-order chi connectivity index (χ1) is 7.66. The van der Waals surface area contributed by atoms with Crippen LogP contribution in [0, 0.1) is 0 Å². The summed E-state index contributed by atoms with van der Waals surface area (Å²) in [5.41, 5.74) is 0.483. The molecule has 0 spiro atoms. The summed E-state index contributed by atoms with van der Waals surface area (Å²) in [6.45, 7) is 1.52. The molecule has 1 aromatic rings. The summed E-state index contributed by atoms with van der Waals surface area (Å²) in [5, 5.41) is 2.72. The Morgan fingerprint density at radius 1 is 1.50 bits per heavy atom. The lowest BCUT2D eigenvalue weighted by atomic mass is 10.4. The Kier molecular flexibility index (Phi) is 4.01. The summed E-state index contributed by atoms with van der Waals surface area (Å²) < 4.78 is 12.0. The van der Waals surface area contributed by atoms with Crippen LogP contribution < -0.4 is 5.32 Å². The highest BCUT2D eigenvalue weighted by Crippen LogP contribution is 2.22. The summed E-state index contributed by atoms with van der Waals surface area (Å²) >= 11 is 6.56. The molecule has 2 heterocycles. The molecule has 88 valence electrons. The van der Waals surface area contributed by atoms with E-state index in [1.807, 2.05) is 0 Å². The third kappa shape index (κ3) is 2.85. The number of nitrogens with one attached hydrogen (secondary N) is 2. The molecule has 7 heteroatoms. The second-order valence-electron chi connectivity index (χ2n) is 3.23. The number of amides is 1. The van der Waals surface area contributed by atoms with Crippen molar-refractivity contribution in [2.45, 2.75) is 6.29 Å². The number of aromatic nitrogens is 1. The van der Waals surface area contributed by atoms with Crippen LogP contribution in [0.4, 0.5) is 0 Å². The molecule has 1 fully saturated rings. The summed E-state index contributed by atoms with van der Waals surface area (Å²) in [6, 6.07) is 1.70. The van der Waals surface area contributed by atoms with Gasteiger partial charge in [0.25, 0.3) is 5.91 Å². The van der Waals surface area contributed by atoms with Gasteiger partial charge in [0.2, 0.25) is 0 Å². The van der Waals surface area contributed by atoms with Crippen LogP contribution >= 0.6 is 31.9 Å². The van der Waals surface area contributed by atoms with Gasteiger partial charge in [-0.3, -0.25) is 4.79 Å². The summed E-state index contributed by atoms with van der Waals surface area (Å²) in [7, 11) is 0. The average Bonchev–Trinajstić information content (AvgIpc) is 2.86. The van der Waals surface area contributed by atoms with Crippen molar-refractivity contribution in [3.63, 3.8) is 0 Å². The van der Waals surface area contributed by atoms with E-state index in [2.05, 4.69) is 42.2 Å². The monoisotopic (exact) mass is 352 g/mol. The highest BCUT2D eigenvalue weighted by molar-refractivity contribution is 9.13. The van der Waals surface area contributed by atoms with Crippen molar-refractivity contribution < 1.29 is 14.3 Å². The number of hydrogen-bond acceptors (Lipinski definition) is 3. The average molecular weight is 354 g/mol. The van der Waals surface area contributed by atoms with E-state index in [9.17, 15) is 4.79 Å². The van der Waals surface area contributed by atoms with Crippen LogP contribution in [-0.4, -0.2) is 36.9 Å². The molecule has 1 aliphatic heterocycles. The largest absolute Gasteiger partial charge is 0.348 e. The van der Waals surface area contributed by atoms with Gasteiger partial charge in [-0.05, 0) is 37.9 Å². The molecule has 1 amide bonds. The minimum absolute atomic E-state index is 0.189. The van der Waals surface area contributed by atoms with Crippen molar-refractivity contribution in [3.8, 4) is 0 Å². The second-order valence-corrected chi connectivity index (χ2v) is 4.87. The number of ether oxygens (including phenoxy) is 2. The SMILES string of the molecule is O=C(NCC1OCCO1)c1cc(Br)c(Br)[nH]1. The van der Waals surface area contributed by atoms with Crippen molar-refractivity contribution in [2.75, 3.05) is 19.8 Å². The van der Waals surface area contributed by atoms with Crippen molar-refractivity contribution >= 4 is 37.8 Å². The van der Waals surface area contributed by atoms with E-state index >= 15 is 0 Å². The standard InChI is InChI=1S/C9H10Br2N2O3/c10-5-3-6(13-8(5)11)9(14)12-4-7-15-1-2-16-7/h3,7,13H,1-2,4H2,(H,12,14). The van der Waals surface area contributed by atoms with Gasteiger partial charge in [-0.1, -0.05) is 0 Å². The Labute approximate surface area is 109 Å². The predicted octanol–water partition coefficient (Wildman–Crippen LogP) is 1.64. The van der Waals surface area contributed by atoms with E-state index in [-0.39, 0.29) is 12.2 Å². The van der Waals surface area contributed by atoms with Gasteiger partial charge >= 0.3 is 0 Å². The van der Waals surface area contributed by atoms with Gasteiger partial charge < -0.3 is 19.8 Å². The van der Waals surface area contributed by atoms with Crippen molar-refractivity contribution in [3.05, 3.63) is 20.8 Å². The maximum Gasteiger partial charge on any atom is 0.267 e. The molecule has 0 unspecified atom stereocenters. The van der Waals surface area contributed by atoms with Gasteiger partial charge in [0, 0.05) is 0 Å². The number of rotatable bonds is 3. The zero-order chi connectivity index (χ0) is 11.5. The van der Waals surface area contributed by atoms with Gasteiger partial charge in [-0.25, -0.2) is 0 Å². The number of halogens is 2. The Hall–Kier alpha value is -0.370. The molecular weight excluding hydrogens is 344 g/mol. The Morgan fingerprint density at radius 3 is 2.75 bits per heavy atom. The van der Waals surface area contributed by atoms with Crippen molar-refractivity contribution in [1.29, 1.82) is 0 Å². The van der Waals surface area contributed by atoms with Gasteiger partial charge in [0.05, 0.1) is 28.8 Å². The van der Waals surface area contributed by atoms with E-state index in [1.54, 1.807) is 6.07 Å². The first-order valence-corrected chi connectivity index (χ1v) is 6.31. The third-order valence-electron chi connectivity index (χ3n) is 2.09. The van der Waals surface area contributed by atoms with Crippen LogP contribution in [-0.2, 0) is 9.47 Å². The number of hydrogen-bond donors (Lipinski definition) is 2. The summed E-state index contributed by atoms with van der Waals surface area (Å²) in [6.07, 6.45) is -0.328. The quantitative estimate of drug-likeness (QED) is 0.868. The molecule has 0 radical (unpaired) electrons. The van der Waals surface area contributed by atoms with Crippen LogP contribution in [0.1, 0.15) is 10.5 Å². The van der Waals surface area contributed by atoms with E-state index < -0.39 is 0 Å². The summed E-state index contributed by atoms with van der Waals surface area (Å²) in [4.78, 5) is 14.6. The molecule has 2 rings (SSSR count). The Bertz CT molecular complexity index is 369. The number of H-pyrrole nitrogens is 1. The Morgan fingerprint density at radius 2 is 2.19 bits per heavy atom.